The van der Waals surface area contributed by atoms with Crippen molar-refractivity contribution in [2.75, 3.05) is 26.2 Å². The molecular formula is C17H24N4O6S. The number of nitrogens with zero attached hydrogens (tertiary/aromatic N) is 1. The number of piperidine rings is 1. The summed E-state index contributed by atoms with van der Waals surface area (Å²) in [6, 6.07) is 5.53. The second-order valence-electron chi connectivity index (χ2n) is 6.07. The molecule has 0 spiro atoms. The first-order chi connectivity index (χ1) is 13.3. The maximum absolute atomic E-state index is 12.6. The van der Waals surface area contributed by atoms with Crippen LogP contribution in [0.15, 0.2) is 29.2 Å². The Balaban J connectivity index is 1.87. The van der Waals surface area contributed by atoms with Gasteiger partial charge in [-0.1, -0.05) is 6.42 Å². The predicted molar refractivity (Wildman–Crippen MR) is 99.7 cm³/mol. The fourth-order valence-corrected chi connectivity index (χ4v) is 4.14. The maximum atomic E-state index is 12.6. The van der Waals surface area contributed by atoms with Gasteiger partial charge >= 0.3 is 6.09 Å². The molecule has 1 aliphatic rings. The summed E-state index contributed by atoms with van der Waals surface area (Å²) in [6.07, 6.45) is 1.89. The Morgan fingerprint density at radius 2 is 1.68 bits per heavy atom. The van der Waals surface area contributed by atoms with E-state index in [1.165, 1.54) is 28.6 Å². The number of amides is 3. The van der Waals surface area contributed by atoms with Gasteiger partial charge < -0.3 is 10.1 Å². The predicted octanol–water partition coefficient (Wildman–Crippen LogP) is 0.368. The normalized spacial score (nSPS) is 14.8. The van der Waals surface area contributed by atoms with Crippen LogP contribution in [-0.4, -0.2) is 56.9 Å². The van der Waals surface area contributed by atoms with E-state index in [4.69, 9.17) is 0 Å². The van der Waals surface area contributed by atoms with Crippen molar-refractivity contribution in [1.29, 1.82) is 0 Å². The molecule has 0 aromatic heterocycles. The Bertz CT molecular complexity index is 803. The van der Waals surface area contributed by atoms with Gasteiger partial charge in [0.2, 0.25) is 10.0 Å². The smallest absolute Gasteiger partial charge is 0.426 e. The van der Waals surface area contributed by atoms with Gasteiger partial charge in [0.15, 0.2) is 0 Å². The molecule has 0 saturated carbocycles. The molecule has 0 radical (unpaired) electrons. The monoisotopic (exact) mass is 412 g/mol. The van der Waals surface area contributed by atoms with Crippen molar-refractivity contribution in [3.05, 3.63) is 29.8 Å². The van der Waals surface area contributed by atoms with E-state index < -0.39 is 27.9 Å². The summed E-state index contributed by atoms with van der Waals surface area (Å²) in [7, 11) is -3.57. The highest BCUT2D eigenvalue weighted by atomic mass is 32.2. The van der Waals surface area contributed by atoms with E-state index in [2.05, 4.69) is 15.5 Å². The molecule has 3 N–H and O–H groups in total. The highest BCUT2D eigenvalue weighted by Crippen LogP contribution is 2.20. The fourth-order valence-electron chi connectivity index (χ4n) is 2.63. The highest BCUT2D eigenvalue weighted by molar-refractivity contribution is 7.89. The number of carbonyl (C=O) groups excluding carboxylic acids is 3. The van der Waals surface area contributed by atoms with Crippen LogP contribution < -0.4 is 16.2 Å². The number of hydrogen-bond acceptors (Lipinski definition) is 6. The Morgan fingerprint density at radius 3 is 2.29 bits per heavy atom. The van der Waals surface area contributed by atoms with Gasteiger partial charge in [-0.2, -0.15) is 4.31 Å². The first-order valence-electron chi connectivity index (χ1n) is 8.94. The summed E-state index contributed by atoms with van der Waals surface area (Å²) in [4.78, 5) is 34.8. The van der Waals surface area contributed by atoms with Crippen molar-refractivity contribution in [3.8, 4) is 0 Å². The van der Waals surface area contributed by atoms with E-state index in [1.807, 2.05) is 5.43 Å². The third-order valence-corrected chi connectivity index (χ3v) is 5.97. The van der Waals surface area contributed by atoms with Crippen molar-refractivity contribution < 1.29 is 27.5 Å². The zero-order valence-corrected chi connectivity index (χ0v) is 16.4. The van der Waals surface area contributed by atoms with E-state index in [-0.39, 0.29) is 23.6 Å². The van der Waals surface area contributed by atoms with Crippen LogP contribution in [0, 0.1) is 0 Å². The number of ether oxygens (including phenoxy) is 1. The molecule has 0 bridgehead atoms. The van der Waals surface area contributed by atoms with Gasteiger partial charge in [0, 0.05) is 18.7 Å². The van der Waals surface area contributed by atoms with Gasteiger partial charge in [0.1, 0.15) is 0 Å². The first kappa shape index (κ1) is 21.6. The van der Waals surface area contributed by atoms with Crippen LogP contribution in [0.5, 0.6) is 0 Å². The highest BCUT2D eigenvalue weighted by Gasteiger charge is 2.25. The number of hydrogen-bond donors (Lipinski definition) is 3. The minimum absolute atomic E-state index is 0.127. The lowest BCUT2D eigenvalue weighted by Gasteiger charge is -2.25. The molecular weight excluding hydrogens is 388 g/mol. The molecule has 1 aromatic rings. The SMILES string of the molecule is CCOC(=O)NNC(=O)CNC(=O)c1ccc(S(=O)(=O)N2CCCCC2)cc1. The van der Waals surface area contributed by atoms with E-state index in [9.17, 15) is 22.8 Å². The number of rotatable bonds is 6. The van der Waals surface area contributed by atoms with Crippen LogP contribution in [0.25, 0.3) is 0 Å². The largest absolute Gasteiger partial charge is 0.449 e. The fraction of sp³-hybridized carbons (Fsp3) is 0.471. The molecule has 2 rings (SSSR count). The molecule has 10 nitrogen and oxygen atoms in total. The summed E-state index contributed by atoms with van der Waals surface area (Å²) in [5, 5.41) is 2.37. The standard InChI is InChI=1S/C17H24N4O6S/c1-2-27-17(24)20-19-15(22)12-18-16(23)13-6-8-14(9-7-13)28(25,26)21-10-4-3-5-11-21/h6-9H,2-5,10-12H2,1H3,(H,18,23)(H,19,22)(H,20,24). The Morgan fingerprint density at radius 1 is 1.04 bits per heavy atom. The van der Waals surface area contributed by atoms with Crippen molar-refractivity contribution in [2.24, 2.45) is 0 Å². The number of benzene rings is 1. The average molecular weight is 412 g/mol. The van der Waals surface area contributed by atoms with Gasteiger partial charge in [-0.3, -0.25) is 15.0 Å². The second-order valence-corrected chi connectivity index (χ2v) is 8.00. The van der Waals surface area contributed by atoms with Crippen LogP contribution in [-0.2, 0) is 19.6 Å². The Hall–Kier alpha value is -2.66. The van der Waals surface area contributed by atoms with E-state index in [0.717, 1.165) is 19.3 Å². The quantitative estimate of drug-likeness (QED) is 0.578. The lowest BCUT2D eigenvalue weighted by atomic mass is 10.2. The molecule has 1 aliphatic heterocycles. The maximum Gasteiger partial charge on any atom is 0.426 e. The van der Waals surface area contributed by atoms with Gasteiger partial charge in [0.05, 0.1) is 18.0 Å². The molecule has 11 heteroatoms. The molecule has 1 fully saturated rings. The molecule has 28 heavy (non-hydrogen) atoms. The molecule has 0 aliphatic carbocycles. The Labute approximate surface area is 163 Å². The lowest BCUT2D eigenvalue weighted by Crippen LogP contribution is -2.46. The Kier molecular flexibility index (Phi) is 7.76. The zero-order valence-electron chi connectivity index (χ0n) is 15.6. The third kappa shape index (κ3) is 5.92. The van der Waals surface area contributed by atoms with Gasteiger partial charge in [-0.15, -0.1) is 0 Å². The van der Waals surface area contributed by atoms with Gasteiger partial charge in [-0.25, -0.2) is 18.6 Å². The van der Waals surface area contributed by atoms with E-state index >= 15 is 0 Å². The number of hydrazine groups is 1. The molecule has 1 saturated heterocycles. The van der Waals surface area contributed by atoms with Gasteiger partial charge in [0.25, 0.3) is 11.8 Å². The molecule has 154 valence electrons. The molecule has 0 atom stereocenters. The van der Waals surface area contributed by atoms with Crippen LogP contribution in [0.3, 0.4) is 0 Å². The van der Waals surface area contributed by atoms with Crippen molar-refractivity contribution in [2.45, 2.75) is 31.1 Å². The summed E-state index contributed by atoms with van der Waals surface area (Å²) in [6.45, 7) is 2.39. The van der Waals surface area contributed by atoms with Crippen LogP contribution in [0.4, 0.5) is 4.79 Å². The third-order valence-electron chi connectivity index (χ3n) is 4.06. The summed E-state index contributed by atoms with van der Waals surface area (Å²) >= 11 is 0. The van der Waals surface area contributed by atoms with Crippen molar-refractivity contribution in [3.63, 3.8) is 0 Å². The molecule has 3 amide bonds. The van der Waals surface area contributed by atoms with E-state index in [1.54, 1.807) is 6.92 Å². The zero-order chi connectivity index (χ0) is 20.6. The minimum Gasteiger partial charge on any atom is -0.449 e. The molecule has 0 unspecified atom stereocenters. The second kappa shape index (κ2) is 10.0. The van der Waals surface area contributed by atoms with E-state index in [0.29, 0.717) is 13.1 Å². The average Bonchev–Trinajstić information content (AvgIpc) is 2.71. The lowest BCUT2D eigenvalue weighted by molar-refractivity contribution is -0.121. The topological polar surface area (TPSA) is 134 Å². The summed E-state index contributed by atoms with van der Waals surface area (Å²) in [5.41, 5.74) is 4.31. The summed E-state index contributed by atoms with van der Waals surface area (Å²) < 4.78 is 31.2. The number of carbonyl (C=O) groups is 3. The van der Waals surface area contributed by atoms with Crippen LogP contribution >= 0.6 is 0 Å². The number of sulfonamides is 1. The molecule has 1 aromatic carbocycles. The minimum atomic E-state index is -3.57. The van der Waals surface area contributed by atoms with Crippen molar-refractivity contribution >= 4 is 27.9 Å². The molecule has 1 heterocycles. The number of nitrogens with one attached hydrogen (secondary N) is 3. The summed E-state index contributed by atoms with van der Waals surface area (Å²) in [5.74, 6) is -1.20. The van der Waals surface area contributed by atoms with Crippen molar-refractivity contribution in [1.82, 2.24) is 20.5 Å². The van der Waals surface area contributed by atoms with Crippen LogP contribution in [0.2, 0.25) is 0 Å². The van der Waals surface area contributed by atoms with Crippen LogP contribution in [0.1, 0.15) is 36.5 Å². The van der Waals surface area contributed by atoms with Gasteiger partial charge in [-0.05, 0) is 44.0 Å². The first-order valence-corrected chi connectivity index (χ1v) is 10.4.